The van der Waals surface area contributed by atoms with Crippen LogP contribution in [0.15, 0.2) is 36.8 Å². The molecule has 0 radical (unpaired) electrons. The summed E-state index contributed by atoms with van der Waals surface area (Å²) < 4.78 is 7.14. The number of benzene rings is 1. The summed E-state index contributed by atoms with van der Waals surface area (Å²) in [5.41, 5.74) is 2.22. The fraction of sp³-hybridized carbons (Fsp3) is 0.357. The standard InChI is InChI=1S/C14H19N3O/c1-4-15-14(13-9-17(2)10-16-13)11-5-7-12(18-3)8-6-11/h5-10,14-15H,4H2,1-3H3. The van der Waals surface area contributed by atoms with Gasteiger partial charge in [0.15, 0.2) is 0 Å². The molecule has 18 heavy (non-hydrogen) atoms. The van der Waals surface area contributed by atoms with Gasteiger partial charge in [0.05, 0.1) is 25.2 Å². The lowest BCUT2D eigenvalue weighted by molar-refractivity contribution is 0.414. The van der Waals surface area contributed by atoms with E-state index in [1.54, 1.807) is 7.11 Å². The fourth-order valence-electron chi connectivity index (χ4n) is 1.98. The van der Waals surface area contributed by atoms with E-state index < -0.39 is 0 Å². The summed E-state index contributed by atoms with van der Waals surface area (Å²) in [4.78, 5) is 4.42. The van der Waals surface area contributed by atoms with Gasteiger partial charge in [0.25, 0.3) is 0 Å². The molecule has 1 aromatic heterocycles. The highest BCUT2D eigenvalue weighted by molar-refractivity contribution is 5.32. The molecule has 0 fully saturated rings. The van der Waals surface area contributed by atoms with Gasteiger partial charge in [0.2, 0.25) is 0 Å². The summed E-state index contributed by atoms with van der Waals surface area (Å²) in [6.07, 6.45) is 3.86. The second-order valence-corrected chi connectivity index (χ2v) is 4.23. The zero-order valence-electron chi connectivity index (χ0n) is 11.1. The largest absolute Gasteiger partial charge is 0.497 e. The van der Waals surface area contributed by atoms with E-state index in [9.17, 15) is 0 Å². The maximum atomic E-state index is 5.18. The highest BCUT2D eigenvalue weighted by atomic mass is 16.5. The Balaban J connectivity index is 2.28. The lowest BCUT2D eigenvalue weighted by Crippen LogP contribution is -2.22. The highest BCUT2D eigenvalue weighted by Crippen LogP contribution is 2.22. The van der Waals surface area contributed by atoms with E-state index in [4.69, 9.17) is 4.74 Å². The Morgan fingerprint density at radius 1 is 1.33 bits per heavy atom. The van der Waals surface area contributed by atoms with Gasteiger partial charge in [-0.2, -0.15) is 0 Å². The number of aromatic nitrogens is 2. The van der Waals surface area contributed by atoms with Crippen molar-refractivity contribution in [2.75, 3.05) is 13.7 Å². The molecule has 0 amide bonds. The van der Waals surface area contributed by atoms with E-state index in [0.29, 0.717) is 0 Å². The van der Waals surface area contributed by atoms with Crippen molar-refractivity contribution in [2.45, 2.75) is 13.0 Å². The number of aryl methyl sites for hydroxylation is 1. The number of rotatable bonds is 5. The fourth-order valence-corrected chi connectivity index (χ4v) is 1.98. The number of nitrogens with one attached hydrogen (secondary N) is 1. The molecule has 2 rings (SSSR count). The van der Waals surface area contributed by atoms with Crippen LogP contribution in [0.1, 0.15) is 24.2 Å². The second-order valence-electron chi connectivity index (χ2n) is 4.23. The Labute approximate surface area is 108 Å². The second kappa shape index (κ2) is 5.69. The molecule has 0 bridgehead atoms. The molecule has 0 spiro atoms. The SMILES string of the molecule is CCNC(c1ccc(OC)cc1)c1cn(C)cn1. The Morgan fingerprint density at radius 2 is 2.06 bits per heavy atom. The zero-order chi connectivity index (χ0) is 13.0. The van der Waals surface area contributed by atoms with Crippen molar-refractivity contribution in [2.24, 2.45) is 7.05 Å². The average Bonchev–Trinajstić information content (AvgIpc) is 2.82. The van der Waals surface area contributed by atoms with E-state index >= 15 is 0 Å². The maximum absolute atomic E-state index is 5.18. The molecule has 2 aromatic rings. The van der Waals surface area contributed by atoms with Crippen LogP contribution in [-0.2, 0) is 7.05 Å². The Kier molecular flexibility index (Phi) is 3.99. The molecule has 0 saturated carbocycles. The number of ether oxygens (including phenoxy) is 1. The van der Waals surface area contributed by atoms with Crippen LogP contribution < -0.4 is 10.1 Å². The summed E-state index contributed by atoms with van der Waals surface area (Å²) in [6.45, 7) is 2.99. The van der Waals surface area contributed by atoms with Gasteiger partial charge < -0.3 is 14.6 Å². The third kappa shape index (κ3) is 2.71. The topological polar surface area (TPSA) is 39.1 Å². The van der Waals surface area contributed by atoms with Crippen LogP contribution in [0.5, 0.6) is 5.75 Å². The number of methoxy groups -OCH3 is 1. The van der Waals surface area contributed by atoms with Crippen LogP contribution in [-0.4, -0.2) is 23.2 Å². The molecule has 1 aromatic carbocycles. The lowest BCUT2D eigenvalue weighted by Gasteiger charge is -2.16. The van der Waals surface area contributed by atoms with Crippen LogP contribution in [0.3, 0.4) is 0 Å². The summed E-state index contributed by atoms with van der Waals surface area (Å²) in [7, 11) is 3.66. The van der Waals surface area contributed by atoms with Gasteiger partial charge >= 0.3 is 0 Å². The molecule has 4 heteroatoms. The van der Waals surface area contributed by atoms with Crippen molar-refractivity contribution < 1.29 is 4.74 Å². The molecule has 1 heterocycles. The van der Waals surface area contributed by atoms with Gasteiger partial charge in [-0.1, -0.05) is 19.1 Å². The van der Waals surface area contributed by atoms with Gasteiger partial charge in [-0.25, -0.2) is 4.98 Å². The average molecular weight is 245 g/mol. The van der Waals surface area contributed by atoms with Crippen molar-refractivity contribution in [1.82, 2.24) is 14.9 Å². The van der Waals surface area contributed by atoms with Crippen molar-refractivity contribution in [1.29, 1.82) is 0 Å². The van der Waals surface area contributed by atoms with Crippen molar-refractivity contribution >= 4 is 0 Å². The minimum absolute atomic E-state index is 0.127. The first-order chi connectivity index (χ1) is 8.74. The van der Waals surface area contributed by atoms with E-state index in [2.05, 4.69) is 29.4 Å². The van der Waals surface area contributed by atoms with E-state index in [0.717, 1.165) is 18.0 Å². The van der Waals surface area contributed by atoms with E-state index in [-0.39, 0.29) is 6.04 Å². The quantitative estimate of drug-likeness (QED) is 0.877. The van der Waals surface area contributed by atoms with Crippen LogP contribution in [0.25, 0.3) is 0 Å². The maximum Gasteiger partial charge on any atom is 0.118 e. The van der Waals surface area contributed by atoms with Crippen molar-refractivity contribution in [3.05, 3.63) is 48.0 Å². The Bertz CT molecular complexity index is 490. The van der Waals surface area contributed by atoms with Gasteiger partial charge in [-0.15, -0.1) is 0 Å². The molecule has 0 saturated heterocycles. The highest BCUT2D eigenvalue weighted by Gasteiger charge is 2.15. The number of hydrogen-bond donors (Lipinski definition) is 1. The molecule has 0 aliphatic carbocycles. The molecule has 0 aliphatic rings. The molecular formula is C14H19N3O. The third-order valence-electron chi connectivity index (χ3n) is 2.88. The Hall–Kier alpha value is -1.81. The number of imidazole rings is 1. The van der Waals surface area contributed by atoms with Gasteiger partial charge in [0, 0.05) is 13.2 Å². The van der Waals surface area contributed by atoms with Crippen LogP contribution in [0, 0.1) is 0 Å². The van der Waals surface area contributed by atoms with Crippen LogP contribution in [0.4, 0.5) is 0 Å². The van der Waals surface area contributed by atoms with Gasteiger partial charge in [-0.05, 0) is 24.2 Å². The molecule has 0 aliphatic heterocycles. The summed E-state index contributed by atoms with van der Waals surface area (Å²) in [5.74, 6) is 0.870. The molecule has 4 nitrogen and oxygen atoms in total. The predicted octanol–water partition coefficient (Wildman–Crippen LogP) is 2.13. The van der Waals surface area contributed by atoms with Gasteiger partial charge in [0.1, 0.15) is 5.75 Å². The minimum atomic E-state index is 0.127. The van der Waals surface area contributed by atoms with Crippen LogP contribution in [0.2, 0.25) is 0 Å². The smallest absolute Gasteiger partial charge is 0.118 e. The van der Waals surface area contributed by atoms with E-state index in [1.165, 1.54) is 5.56 Å². The monoisotopic (exact) mass is 245 g/mol. The molecule has 1 unspecified atom stereocenters. The molecule has 1 atom stereocenters. The van der Waals surface area contributed by atoms with Crippen LogP contribution >= 0.6 is 0 Å². The first kappa shape index (κ1) is 12.6. The van der Waals surface area contributed by atoms with Crippen molar-refractivity contribution in [3.8, 4) is 5.75 Å². The molecule has 96 valence electrons. The molecule has 1 N–H and O–H groups in total. The van der Waals surface area contributed by atoms with Gasteiger partial charge in [-0.3, -0.25) is 0 Å². The first-order valence-electron chi connectivity index (χ1n) is 6.09. The lowest BCUT2D eigenvalue weighted by atomic mass is 10.0. The Morgan fingerprint density at radius 3 is 2.56 bits per heavy atom. The summed E-state index contributed by atoms with van der Waals surface area (Å²) in [6, 6.07) is 8.22. The molecular weight excluding hydrogens is 226 g/mol. The van der Waals surface area contributed by atoms with Crippen molar-refractivity contribution in [3.63, 3.8) is 0 Å². The third-order valence-corrected chi connectivity index (χ3v) is 2.88. The van der Waals surface area contributed by atoms with E-state index in [1.807, 2.05) is 36.3 Å². The minimum Gasteiger partial charge on any atom is -0.497 e. The first-order valence-corrected chi connectivity index (χ1v) is 6.09. The number of nitrogens with zero attached hydrogens (tertiary/aromatic N) is 2. The normalized spacial score (nSPS) is 12.4. The predicted molar refractivity (Wildman–Crippen MR) is 71.7 cm³/mol. The summed E-state index contributed by atoms with van der Waals surface area (Å²) in [5, 5.41) is 3.45. The zero-order valence-corrected chi connectivity index (χ0v) is 11.1. The summed E-state index contributed by atoms with van der Waals surface area (Å²) >= 11 is 0. The number of hydrogen-bond acceptors (Lipinski definition) is 3.